The molecule has 0 aliphatic carbocycles. The van der Waals surface area contributed by atoms with E-state index >= 15 is 0 Å². The van der Waals surface area contributed by atoms with Crippen LogP contribution in [0.25, 0.3) is 0 Å². The zero-order valence-electron chi connectivity index (χ0n) is 10.2. The number of hydrogen-bond donors (Lipinski definition) is 1. The lowest BCUT2D eigenvalue weighted by atomic mass is 9.88. The molecule has 0 unspecified atom stereocenters. The first-order valence-corrected chi connectivity index (χ1v) is 6.04. The summed E-state index contributed by atoms with van der Waals surface area (Å²) in [5.41, 5.74) is 8.45. The van der Waals surface area contributed by atoms with Crippen molar-refractivity contribution in [2.45, 2.75) is 38.1 Å². The van der Waals surface area contributed by atoms with E-state index < -0.39 is 0 Å². The molecule has 1 aromatic rings. The number of rotatable bonds is 2. The summed E-state index contributed by atoms with van der Waals surface area (Å²) in [4.78, 5) is 0. The maximum atomic E-state index is 6.07. The van der Waals surface area contributed by atoms with Gasteiger partial charge in [0, 0.05) is 18.8 Å². The summed E-state index contributed by atoms with van der Waals surface area (Å²) in [5.74, 6) is 0.670. The largest absolute Gasteiger partial charge is 0.381 e. The van der Waals surface area contributed by atoms with Crippen LogP contribution in [0.3, 0.4) is 0 Å². The van der Waals surface area contributed by atoms with E-state index in [2.05, 4.69) is 24.3 Å². The molecule has 1 saturated heterocycles. The van der Waals surface area contributed by atoms with Crippen LogP contribution < -0.4 is 5.73 Å². The lowest BCUT2D eigenvalue weighted by Gasteiger charge is -2.24. The van der Waals surface area contributed by atoms with Gasteiger partial charge in [-0.1, -0.05) is 24.3 Å². The number of hydrogen-bond acceptors (Lipinski definition) is 2. The zero-order chi connectivity index (χ0) is 11.6. The average molecular weight is 219 g/mol. The highest BCUT2D eigenvalue weighted by atomic mass is 16.5. The van der Waals surface area contributed by atoms with Gasteiger partial charge in [-0.2, -0.15) is 0 Å². The van der Waals surface area contributed by atoms with E-state index in [9.17, 15) is 0 Å². The number of ether oxygens (including phenoxy) is 1. The third-order valence-electron chi connectivity index (χ3n) is 3.35. The van der Waals surface area contributed by atoms with Gasteiger partial charge in [0.2, 0.25) is 0 Å². The van der Waals surface area contributed by atoms with Crippen LogP contribution in [0.15, 0.2) is 24.3 Å². The maximum absolute atomic E-state index is 6.07. The van der Waals surface area contributed by atoms with Gasteiger partial charge in [-0.25, -0.2) is 0 Å². The highest BCUT2D eigenvalue weighted by Crippen LogP contribution is 2.28. The summed E-state index contributed by atoms with van der Waals surface area (Å²) in [6.07, 6.45) is 2.29. The third-order valence-corrected chi connectivity index (χ3v) is 3.35. The van der Waals surface area contributed by atoms with Gasteiger partial charge in [0.05, 0.1) is 0 Å². The van der Waals surface area contributed by atoms with Crippen LogP contribution in [0.5, 0.6) is 0 Å². The normalized spacial score (nSPS) is 18.7. The quantitative estimate of drug-likeness (QED) is 0.830. The van der Waals surface area contributed by atoms with Crippen molar-refractivity contribution in [3.8, 4) is 0 Å². The number of benzene rings is 1. The topological polar surface area (TPSA) is 35.2 Å². The Morgan fingerprint density at radius 1 is 1.12 bits per heavy atom. The van der Waals surface area contributed by atoms with Crippen molar-refractivity contribution in [3.63, 3.8) is 0 Å². The average Bonchev–Trinajstić information content (AvgIpc) is 2.29. The second-order valence-electron chi connectivity index (χ2n) is 5.23. The minimum atomic E-state index is -0.242. The molecule has 1 fully saturated rings. The summed E-state index contributed by atoms with van der Waals surface area (Å²) in [6, 6.07) is 8.76. The van der Waals surface area contributed by atoms with Gasteiger partial charge < -0.3 is 10.5 Å². The Bertz CT molecular complexity index is 331. The predicted octanol–water partition coefficient (Wildman–Crippen LogP) is 2.77. The summed E-state index contributed by atoms with van der Waals surface area (Å²) in [5, 5.41) is 0. The maximum Gasteiger partial charge on any atom is 0.0471 e. The fraction of sp³-hybridized carbons (Fsp3) is 0.571. The van der Waals surface area contributed by atoms with Crippen molar-refractivity contribution in [1.82, 2.24) is 0 Å². The molecule has 0 saturated carbocycles. The van der Waals surface area contributed by atoms with Gasteiger partial charge in [-0.15, -0.1) is 0 Å². The van der Waals surface area contributed by atoms with Gasteiger partial charge in [0.25, 0.3) is 0 Å². The molecular formula is C14H21NO. The number of nitrogens with two attached hydrogens (primary N) is 1. The molecular weight excluding hydrogens is 198 g/mol. The molecule has 1 aliphatic heterocycles. The summed E-state index contributed by atoms with van der Waals surface area (Å²) < 4.78 is 5.38. The summed E-state index contributed by atoms with van der Waals surface area (Å²) >= 11 is 0. The van der Waals surface area contributed by atoms with Crippen molar-refractivity contribution in [2.75, 3.05) is 13.2 Å². The fourth-order valence-corrected chi connectivity index (χ4v) is 2.22. The minimum absolute atomic E-state index is 0.242. The van der Waals surface area contributed by atoms with Crippen LogP contribution in [0, 0.1) is 0 Å². The van der Waals surface area contributed by atoms with E-state index in [1.165, 1.54) is 11.1 Å². The first-order chi connectivity index (χ1) is 7.57. The molecule has 0 atom stereocenters. The van der Waals surface area contributed by atoms with E-state index in [4.69, 9.17) is 10.5 Å². The van der Waals surface area contributed by atoms with Gasteiger partial charge in [-0.05, 0) is 43.7 Å². The Morgan fingerprint density at radius 3 is 2.19 bits per heavy atom. The molecule has 0 bridgehead atoms. The first kappa shape index (κ1) is 11.6. The fourth-order valence-electron chi connectivity index (χ4n) is 2.22. The highest BCUT2D eigenvalue weighted by molar-refractivity contribution is 5.29. The Morgan fingerprint density at radius 2 is 1.69 bits per heavy atom. The molecule has 0 amide bonds. The zero-order valence-corrected chi connectivity index (χ0v) is 10.2. The summed E-state index contributed by atoms with van der Waals surface area (Å²) in [7, 11) is 0. The van der Waals surface area contributed by atoms with Crippen molar-refractivity contribution in [3.05, 3.63) is 35.4 Å². The third kappa shape index (κ3) is 2.63. The van der Waals surface area contributed by atoms with Crippen LogP contribution in [0.2, 0.25) is 0 Å². The van der Waals surface area contributed by atoms with E-state index in [0.29, 0.717) is 5.92 Å². The second kappa shape index (κ2) is 4.56. The molecule has 88 valence electrons. The standard InChI is InChI=1S/C14H21NO/c1-14(2,15)13-5-3-11(4-6-13)12-7-9-16-10-8-12/h3-6,12H,7-10,15H2,1-2H3. The molecule has 0 spiro atoms. The van der Waals surface area contributed by atoms with Gasteiger partial charge in [0.15, 0.2) is 0 Å². The molecule has 2 N–H and O–H groups in total. The smallest absolute Gasteiger partial charge is 0.0471 e. The van der Waals surface area contributed by atoms with Crippen LogP contribution in [0.1, 0.15) is 43.7 Å². The Hall–Kier alpha value is -0.860. The van der Waals surface area contributed by atoms with Crippen molar-refractivity contribution in [1.29, 1.82) is 0 Å². The lowest BCUT2D eigenvalue weighted by Crippen LogP contribution is -2.28. The minimum Gasteiger partial charge on any atom is -0.381 e. The SMILES string of the molecule is CC(C)(N)c1ccc(C2CCOCC2)cc1. The molecule has 2 nitrogen and oxygen atoms in total. The molecule has 0 radical (unpaired) electrons. The molecule has 16 heavy (non-hydrogen) atoms. The van der Waals surface area contributed by atoms with E-state index in [-0.39, 0.29) is 5.54 Å². The van der Waals surface area contributed by atoms with Crippen LogP contribution in [0.4, 0.5) is 0 Å². The Kier molecular flexibility index (Phi) is 3.31. The van der Waals surface area contributed by atoms with Crippen LogP contribution in [-0.2, 0) is 10.3 Å². The van der Waals surface area contributed by atoms with Crippen molar-refractivity contribution < 1.29 is 4.74 Å². The molecule has 1 aliphatic rings. The monoisotopic (exact) mass is 219 g/mol. The molecule has 1 aromatic carbocycles. The molecule has 2 heteroatoms. The Balaban J connectivity index is 2.12. The van der Waals surface area contributed by atoms with Crippen LogP contribution >= 0.6 is 0 Å². The van der Waals surface area contributed by atoms with Crippen molar-refractivity contribution in [2.24, 2.45) is 5.73 Å². The van der Waals surface area contributed by atoms with Gasteiger partial charge in [0.1, 0.15) is 0 Å². The van der Waals surface area contributed by atoms with E-state index in [1.807, 2.05) is 13.8 Å². The van der Waals surface area contributed by atoms with Crippen LogP contribution in [-0.4, -0.2) is 13.2 Å². The molecule has 1 heterocycles. The Labute approximate surface area is 97.8 Å². The van der Waals surface area contributed by atoms with Crippen molar-refractivity contribution >= 4 is 0 Å². The highest BCUT2D eigenvalue weighted by Gasteiger charge is 2.17. The molecule has 2 rings (SSSR count). The van der Waals surface area contributed by atoms with E-state index in [1.54, 1.807) is 0 Å². The van der Waals surface area contributed by atoms with Gasteiger partial charge >= 0.3 is 0 Å². The lowest BCUT2D eigenvalue weighted by molar-refractivity contribution is 0.0853. The molecule has 0 aromatic heterocycles. The summed E-state index contributed by atoms with van der Waals surface area (Å²) in [6.45, 7) is 5.87. The second-order valence-corrected chi connectivity index (χ2v) is 5.23. The first-order valence-electron chi connectivity index (χ1n) is 6.04. The predicted molar refractivity (Wildman–Crippen MR) is 66.4 cm³/mol. The van der Waals surface area contributed by atoms with Gasteiger partial charge in [-0.3, -0.25) is 0 Å². The van der Waals surface area contributed by atoms with E-state index in [0.717, 1.165) is 26.1 Å².